The first kappa shape index (κ1) is 14.1. The van der Waals surface area contributed by atoms with Crippen molar-refractivity contribution in [3.63, 3.8) is 0 Å². The van der Waals surface area contributed by atoms with Crippen molar-refractivity contribution in [2.24, 2.45) is 5.92 Å². The normalized spacial score (nSPS) is 18.1. The Morgan fingerprint density at radius 3 is 2.74 bits per heavy atom. The largest absolute Gasteiger partial charge is 0.366 e. The standard InChI is InChI=1S/C16H22N2S/c1-17-16(19)18(12-14-8-4-2-5-9-14)13-15-10-6-3-7-11-15/h2-6,8-9,15H,7,10-13H2,1H3,(H,17,19)/t15-/m0/s1. The Balaban J connectivity index is 1.99. The van der Waals surface area contributed by atoms with Crippen LogP contribution in [0, 0.1) is 5.92 Å². The Morgan fingerprint density at radius 1 is 1.32 bits per heavy atom. The zero-order valence-corrected chi connectivity index (χ0v) is 12.3. The zero-order valence-electron chi connectivity index (χ0n) is 11.5. The molecule has 0 amide bonds. The van der Waals surface area contributed by atoms with E-state index >= 15 is 0 Å². The van der Waals surface area contributed by atoms with Gasteiger partial charge in [0.25, 0.3) is 0 Å². The molecule has 2 rings (SSSR count). The molecule has 2 nitrogen and oxygen atoms in total. The predicted molar refractivity (Wildman–Crippen MR) is 85.0 cm³/mol. The summed E-state index contributed by atoms with van der Waals surface area (Å²) in [5, 5.41) is 3.96. The van der Waals surface area contributed by atoms with E-state index in [9.17, 15) is 0 Å². The van der Waals surface area contributed by atoms with E-state index in [-0.39, 0.29) is 0 Å². The molecule has 0 saturated carbocycles. The van der Waals surface area contributed by atoms with E-state index < -0.39 is 0 Å². The first-order chi connectivity index (χ1) is 9.29. The van der Waals surface area contributed by atoms with Gasteiger partial charge < -0.3 is 10.2 Å². The Labute approximate surface area is 121 Å². The van der Waals surface area contributed by atoms with Crippen molar-refractivity contribution >= 4 is 17.3 Å². The second-order valence-electron chi connectivity index (χ2n) is 5.07. The van der Waals surface area contributed by atoms with Gasteiger partial charge in [0.2, 0.25) is 0 Å². The van der Waals surface area contributed by atoms with E-state index in [0.717, 1.165) is 24.1 Å². The Hall–Kier alpha value is -1.35. The van der Waals surface area contributed by atoms with Crippen LogP contribution >= 0.6 is 12.2 Å². The van der Waals surface area contributed by atoms with E-state index in [0.29, 0.717) is 0 Å². The maximum Gasteiger partial charge on any atom is 0.168 e. The second kappa shape index (κ2) is 7.29. The lowest BCUT2D eigenvalue weighted by atomic mass is 9.94. The van der Waals surface area contributed by atoms with Gasteiger partial charge >= 0.3 is 0 Å². The van der Waals surface area contributed by atoms with E-state index in [1.807, 2.05) is 7.05 Å². The highest BCUT2D eigenvalue weighted by molar-refractivity contribution is 7.80. The van der Waals surface area contributed by atoms with Gasteiger partial charge in [0, 0.05) is 20.1 Å². The maximum absolute atomic E-state index is 5.44. The smallest absolute Gasteiger partial charge is 0.168 e. The molecule has 1 aliphatic carbocycles. The van der Waals surface area contributed by atoms with Crippen LogP contribution in [0.1, 0.15) is 24.8 Å². The SMILES string of the molecule is CNC(=S)N(Cc1ccccc1)C[C@H]1CC=CCC1. The number of thiocarbonyl (C=S) groups is 1. The molecular weight excluding hydrogens is 252 g/mol. The number of benzene rings is 1. The van der Waals surface area contributed by atoms with Crippen LogP contribution in [0.15, 0.2) is 42.5 Å². The molecule has 1 atom stereocenters. The van der Waals surface area contributed by atoms with Crippen molar-refractivity contribution in [3.8, 4) is 0 Å². The summed E-state index contributed by atoms with van der Waals surface area (Å²) in [5.41, 5.74) is 1.31. The van der Waals surface area contributed by atoms with Crippen molar-refractivity contribution in [2.45, 2.75) is 25.8 Å². The Kier molecular flexibility index (Phi) is 5.40. The molecular formula is C16H22N2S. The fourth-order valence-electron chi connectivity index (χ4n) is 2.51. The number of rotatable bonds is 4. The highest BCUT2D eigenvalue weighted by Gasteiger charge is 2.16. The quantitative estimate of drug-likeness (QED) is 0.669. The van der Waals surface area contributed by atoms with Crippen LogP contribution < -0.4 is 5.32 Å². The molecule has 1 aromatic carbocycles. The molecule has 0 radical (unpaired) electrons. The van der Waals surface area contributed by atoms with Crippen LogP contribution in [0.4, 0.5) is 0 Å². The predicted octanol–water partition coefficient (Wildman–Crippen LogP) is 3.35. The molecule has 1 N–H and O–H groups in total. The molecule has 0 unspecified atom stereocenters. The van der Waals surface area contributed by atoms with E-state index in [1.165, 1.54) is 24.8 Å². The van der Waals surface area contributed by atoms with Gasteiger partial charge in [-0.25, -0.2) is 0 Å². The van der Waals surface area contributed by atoms with Gasteiger partial charge in [-0.2, -0.15) is 0 Å². The van der Waals surface area contributed by atoms with E-state index in [1.54, 1.807) is 0 Å². The summed E-state index contributed by atoms with van der Waals surface area (Å²) in [4.78, 5) is 2.29. The van der Waals surface area contributed by atoms with E-state index in [2.05, 4.69) is 52.7 Å². The first-order valence-corrected chi connectivity index (χ1v) is 7.36. The summed E-state index contributed by atoms with van der Waals surface area (Å²) in [6, 6.07) is 10.5. The molecule has 19 heavy (non-hydrogen) atoms. The van der Waals surface area contributed by atoms with Gasteiger partial charge in [-0.1, -0.05) is 42.5 Å². The lowest BCUT2D eigenvalue weighted by Crippen LogP contribution is -2.40. The lowest BCUT2D eigenvalue weighted by Gasteiger charge is -2.30. The van der Waals surface area contributed by atoms with Crippen LogP contribution in [0.3, 0.4) is 0 Å². The molecule has 1 aromatic rings. The molecule has 0 fully saturated rings. The fourth-order valence-corrected chi connectivity index (χ4v) is 2.65. The summed E-state index contributed by atoms with van der Waals surface area (Å²) in [6.07, 6.45) is 8.24. The van der Waals surface area contributed by atoms with E-state index in [4.69, 9.17) is 12.2 Å². The minimum atomic E-state index is 0.722. The van der Waals surface area contributed by atoms with Crippen LogP contribution in [-0.2, 0) is 6.54 Å². The molecule has 1 aliphatic rings. The summed E-state index contributed by atoms with van der Waals surface area (Å²) in [5.74, 6) is 0.722. The number of allylic oxidation sites excluding steroid dienone is 2. The average Bonchev–Trinajstić information content (AvgIpc) is 2.48. The third-order valence-corrected chi connectivity index (χ3v) is 4.04. The number of nitrogens with one attached hydrogen (secondary N) is 1. The van der Waals surface area contributed by atoms with Crippen LogP contribution in [0.25, 0.3) is 0 Å². The third-order valence-electron chi connectivity index (χ3n) is 3.57. The molecule has 0 heterocycles. The van der Waals surface area contributed by atoms with Gasteiger partial charge in [0.05, 0.1) is 0 Å². The number of hydrogen-bond acceptors (Lipinski definition) is 1. The molecule has 3 heteroatoms. The summed E-state index contributed by atoms with van der Waals surface area (Å²) < 4.78 is 0. The maximum atomic E-state index is 5.44. The molecule has 0 spiro atoms. The zero-order chi connectivity index (χ0) is 13.5. The van der Waals surface area contributed by atoms with Gasteiger partial charge in [-0.15, -0.1) is 0 Å². The minimum absolute atomic E-state index is 0.722. The van der Waals surface area contributed by atoms with Crippen molar-refractivity contribution < 1.29 is 0 Å². The van der Waals surface area contributed by atoms with Gasteiger partial charge in [-0.3, -0.25) is 0 Å². The van der Waals surface area contributed by atoms with Crippen molar-refractivity contribution in [3.05, 3.63) is 48.0 Å². The number of hydrogen-bond donors (Lipinski definition) is 1. The molecule has 0 aliphatic heterocycles. The first-order valence-electron chi connectivity index (χ1n) is 6.95. The third kappa shape index (κ3) is 4.35. The highest BCUT2D eigenvalue weighted by Crippen LogP contribution is 2.20. The summed E-state index contributed by atoms with van der Waals surface area (Å²) in [7, 11) is 1.90. The topological polar surface area (TPSA) is 15.3 Å². The Bertz CT molecular complexity index is 428. The van der Waals surface area contributed by atoms with Crippen molar-refractivity contribution in [2.75, 3.05) is 13.6 Å². The van der Waals surface area contributed by atoms with Crippen molar-refractivity contribution in [1.29, 1.82) is 0 Å². The lowest BCUT2D eigenvalue weighted by molar-refractivity contribution is 0.314. The molecule has 0 bridgehead atoms. The Morgan fingerprint density at radius 2 is 2.11 bits per heavy atom. The molecule has 0 aromatic heterocycles. The molecule has 102 valence electrons. The average molecular weight is 274 g/mol. The van der Waals surface area contributed by atoms with Gasteiger partial charge in [-0.05, 0) is 43.0 Å². The van der Waals surface area contributed by atoms with Crippen LogP contribution in [0.2, 0.25) is 0 Å². The van der Waals surface area contributed by atoms with Gasteiger partial charge in [0.15, 0.2) is 5.11 Å². The monoisotopic (exact) mass is 274 g/mol. The van der Waals surface area contributed by atoms with Gasteiger partial charge in [0.1, 0.15) is 0 Å². The second-order valence-corrected chi connectivity index (χ2v) is 5.46. The number of nitrogens with zero attached hydrogens (tertiary/aromatic N) is 1. The van der Waals surface area contributed by atoms with Crippen LogP contribution in [0.5, 0.6) is 0 Å². The van der Waals surface area contributed by atoms with Crippen LogP contribution in [-0.4, -0.2) is 23.6 Å². The summed E-state index contributed by atoms with van der Waals surface area (Å²) >= 11 is 5.44. The summed E-state index contributed by atoms with van der Waals surface area (Å²) in [6.45, 7) is 1.93. The highest BCUT2D eigenvalue weighted by atomic mass is 32.1. The van der Waals surface area contributed by atoms with Crippen molar-refractivity contribution in [1.82, 2.24) is 10.2 Å². The fraction of sp³-hybridized carbons (Fsp3) is 0.438. The minimum Gasteiger partial charge on any atom is -0.366 e. The molecule has 0 saturated heterocycles.